The number of hydrazone groups is 1. The molecule has 0 aromatic carbocycles. The summed E-state index contributed by atoms with van der Waals surface area (Å²) >= 11 is 0. The molecule has 0 aliphatic carbocycles. The molecule has 0 amide bonds. The topological polar surface area (TPSA) is 32.7 Å². The minimum absolute atomic E-state index is 0.0424. The van der Waals surface area contributed by atoms with Crippen LogP contribution in [0.5, 0.6) is 0 Å². The summed E-state index contributed by atoms with van der Waals surface area (Å²) in [5.41, 5.74) is 1.20. The van der Waals surface area contributed by atoms with Crippen LogP contribution in [0.2, 0.25) is 0 Å². The van der Waals surface area contributed by atoms with Gasteiger partial charge in [0.1, 0.15) is 12.3 Å². The van der Waals surface area contributed by atoms with Crippen LogP contribution in [0.4, 0.5) is 0 Å². The molecule has 1 heterocycles. The molecule has 0 N–H and O–H groups in total. The lowest BCUT2D eigenvalue weighted by atomic mass is 9.87. The average Bonchev–Trinajstić information content (AvgIpc) is 2.29. The second-order valence-corrected chi connectivity index (χ2v) is 4.28. The highest BCUT2D eigenvalue weighted by Crippen LogP contribution is 2.25. The zero-order valence-electron chi connectivity index (χ0n) is 8.16. The van der Waals surface area contributed by atoms with Crippen LogP contribution in [0.1, 0.15) is 27.2 Å². The van der Waals surface area contributed by atoms with Gasteiger partial charge in [-0.15, -0.1) is 0 Å². The third-order valence-electron chi connectivity index (χ3n) is 2.18. The van der Waals surface area contributed by atoms with Crippen LogP contribution < -0.4 is 0 Å². The van der Waals surface area contributed by atoms with E-state index in [4.69, 9.17) is 0 Å². The highest BCUT2D eigenvalue weighted by Gasteiger charge is 2.30. The fraction of sp³-hybridized carbons (Fsp3) is 0.778. The monoisotopic (exact) mass is 168 g/mol. The van der Waals surface area contributed by atoms with E-state index in [-0.39, 0.29) is 11.5 Å². The molecule has 1 aliphatic heterocycles. The van der Waals surface area contributed by atoms with Gasteiger partial charge in [-0.3, -0.25) is 5.01 Å². The molecule has 0 spiro atoms. The van der Waals surface area contributed by atoms with E-state index in [1.54, 1.807) is 5.01 Å². The van der Waals surface area contributed by atoms with Gasteiger partial charge in [0, 0.05) is 24.6 Å². The molecule has 68 valence electrons. The van der Waals surface area contributed by atoms with Crippen molar-refractivity contribution in [3.63, 3.8) is 0 Å². The van der Waals surface area contributed by atoms with Crippen LogP contribution in [0.25, 0.3) is 0 Å². The fourth-order valence-corrected chi connectivity index (χ4v) is 1.23. The van der Waals surface area contributed by atoms with Gasteiger partial charge in [-0.25, -0.2) is 0 Å². The van der Waals surface area contributed by atoms with Gasteiger partial charge in [-0.1, -0.05) is 20.8 Å². The molecule has 3 heteroatoms. The molecule has 1 unspecified atom stereocenters. The van der Waals surface area contributed by atoms with E-state index in [1.165, 1.54) is 0 Å². The average molecular weight is 168 g/mol. The summed E-state index contributed by atoms with van der Waals surface area (Å²) in [6, 6.07) is -0.0424. The molecule has 0 saturated heterocycles. The van der Waals surface area contributed by atoms with Crippen LogP contribution in [-0.2, 0) is 4.79 Å². The maximum absolute atomic E-state index is 10.6. The molecule has 1 aliphatic rings. The first-order valence-corrected chi connectivity index (χ1v) is 4.21. The second-order valence-electron chi connectivity index (χ2n) is 4.28. The van der Waals surface area contributed by atoms with Crippen LogP contribution in [-0.4, -0.2) is 30.1 Å². The fourth-order valence-electron chi connectivity index (χ4n) is 1.23. The summed E-state index contributed by atoms with van der Waals surface area (Å²) < 4.78 is 0. The second kappa shape index (κ2) is 2.88. The Morgan fingerprint density at radius 2 is 2.17 bits per heavy atom. The van der Waals surface area contributed by atoms with Gasteiger partial charge < -0.3 is 4.79 Å². The lowest BCUT2D eigenvalue weighted by Crippen LogP contribution is -2.25. The highest BCUT2D eigenvalue weighted by molar-refractivity contribution is 5.93. The minimum Gasteiger partial charge on any atom is -0.301 e. The number of carbonyl (C=O) groups is 1. The zero-order valence-corrected chi connectivity index (χ0v) is 8.16. The van der Waals surface area contributed by atoms with Gasteiger partial charge in [-0.05, 0) is 0 Å². The lowest BCUT2D eigenvalue weighted by Gasteiger charge is -2.16. The van der Waals surface area contributed by atoms with Crippen molar-refractivity contribution in [1.29, 1.82) is 0 Å². The normalized spacial score (nSPS) is 24.2. The van der Waals surface area contributed by atoms with Crippen LogP contribution in [0.3, 0.4) is 0 Å². The van der Waals surface area contributed by atoms with Gasteiger partial charge in [-0.2, -0.15) is 5.10 Å². The molecule has 0 fully saturated rings. The van der Waals surface area contributed by atoms with Gasteiger partial charge >= 0.3 is 0 Å². The number of carbonyl (C=O) groups excluding carboxylic acids is 1. The number of rotatable bonds is 1. The third-order valence-corrected chi connectivity index (χ3v) is 2.18. The summed E-state index contributed by atoms with van der Waals surface area (Å²) in [6.45, 7) is 6.35. The molecule has 1 rings (SSSR count). The summed E-state index contributed by atoms with van der Waals surface area (Å²) in [4.78, 5) is 10.6. The Hall–Kier alpha value is -0.860. The number of nitrogens with zero attached hydrogens (tertiary/aromatic N) is 2. The number of hydrogen-bond acceptors (Lipinski definition) is 3. The zero-order chi connectivity index (χ0) is 9.35. The summed E-state index contributed by atoms with van der Waals surface area (Å²) in [6.07, 6.45) is 1.74. The van der Waals surface area contributed by atoms with Crippen molar-refractivity contribution in [2.24, 2.45) is 10.5 Å². The molecule has 12 heavy (non-hydrogen) atoms. The quantitative estimate of drug-likeness (QED) is 0.553. The van der Waals surface area contributed by atoms with Gasteiger partial charge in [0.15, 0.2) is 0 Å². The van der Waals surface area contributed by atoms with Crippen molar-refractivity contribution in [2.75, 3.05) is 7.05 Å². The maximum Gasteiger partial charge on any atom is 0.144 e. The standard InChI is InChI=1S/C9H16N2O/c1-9(2,3)8-5-7(6-12)11(4)10-8/h6-7H,5H2,1-4H3. The first-order valence-electron chi connectivity index (χ1n) is 4.21. The van der Waals surface area contributed by atoms with E-state index < -0.39 is 0 Å². The Morgan fingerprint density at radius 3 is 2.42 bits per heavy atom. The SMILES string of the molecule is CN1N=C(C(C)(C)C)CC1C=O. The summed E-state index contributed by atoms with van der Waals surface area (Å²) in [5.74, 6) is 0. The molecule has 0 radical (unpaired) electrons. The van der Waals surface area contributed by atoms with Crippen molar-refractivity contribution in [3.8, 4) is 0 Å². The Bertz CT molecular complexity index is 215. The van der Waals surface area contributed by atoms with Gasteiger partial charge in [0.25, 0.3) is 0 Å². The minimum atomic E-state index is -0.0424. The van der Waals surface area contributed by atoms with Crippen molar-refractivity contribution >= 4 is 12.0 Å². The van der Waals surface area contributed by atoms with Crippen molar-refractivity contribution in [1.82, 2.24) is 5.01 Å². The Balaban J connectivity index is 2.74. The van der Waals surface area contributed by atoms with Gasteiger partial charge in [0.2, 0.25) is 0 Å². The number of aldehydes is 1. The van der Waals surface area contributed by atoms with Crippen molar-refractivity contribution < 1.29 is 4.79 Å². The van der Waals surface area contributed by atoms with Crippen LogP contribution in [0, 0.1) is 5.41 Å². The van der Waals surface area contributed by atoms with E-state index in [1.807, 2.05) is 7.05 Å². The molecular formula is C9H16N2O. The van der Waals surface area contributed by atoms with Crippen molar-refractivity contribution in [2.45, 2.75) is 33.2 Å². The first kappa shape index (κ1) is 9.23. The molecule has 0 saturated carbocycles. The number of likely N-dealkylation sites (N-methyl/N-ethyl adjacent to an activating group) is 1. The predicted molar refractivity (Wildman–Crippen MR) is 49.1 cm³/mol. The van der Waals surface area contributed by atoms with Gasteiger partial charge in [0.05, 0.1) is 0 Å². The smallest absolute Gasteiger partial charge is 0.144 e. The highest BCUT2D eigenvalue weighted by atomic mass is 16.1. The molecule has 3 nitrogen and oxygen atoms in total. The van der Waals surface area contributed by atoms with E-state index in [0.717, 1.165) is 18.4 Å². The Kier molecular flexibility index (Phi) is 2.22. The Labute approximate surface area is 73.4 Å². The largest absolute Gasteiger partial charge is 0.301 e. The number of hydrogen-bond donors (Lipinski definition) is 0. The van der Waals surface area contributed by atoms with E-state index >= 15 is 0 Å². The molecule has 0 bridgehead atoms. The van der Waals surface area contributed by atoms with E-state index in [2.05, 4.69) is 25.9 Å². The summed E-state index contributed by atoms with van der Waals surface area (Å²) in [7, 11) is 1.85. The maximum atomic E-state index is 10.6. The summed E-state index contributed by atoms with van der Waals surface area (Å²) in [5, 5.41) is 6.07. The van der Waals surface area contributed by atoms with E-state index in [0.29, 0.717) is 0 Å². The first-order chi connectivity index (χ1) is 5.45. The molecule has 1 atom stereocenters. The molecular weight excluding hydrogens is 152 g/mol. The van der Waals surface area contributed by atoms with Crippen molar-refractivity contribution in [3.05, 3.63) is 0 Å². The molecule has 0 aromatic rings. The van der Waals surface area contributed by atoms with Crippen LogP contribution in [0.15, 0.2) is 5.10 Å². The third kappa shape index (κ3) is 1.65. The van der Waals surface area contributed by atoms with Crippen LogP contribution >= 0.6 is 0 Å². The van der Waals surface area contributed by atoms with E-state index in [9.17, 15) is 4.79 Å². The lowest BCUT2D eigenvalue weighted by molar-refractivity contribution is -0.111. The molecule has 0 aromatic heterocycles. The Morgan fingerprint density at radius 1 is 1.58 bits per heavy atom. The predicted octanol–water partition coefficient (Wildman–Crippen LogP) is 1.29.